The van der Waals surface area contributed by atoms with Crippen molar-refractivity contribution in [1.29, 1.82) is 0 Å². The molecule has 0 bridgehead atoms. The Bertz CT molecular complexity index is 714. The molecule has 132 valence electrons. The molecule has 1 aliphatic carbocycles. The molecule has 24 heavy (non-hydrogen) atoms. The fourth-order valence-electron chi connectivity index (χ4n) is 4.34. The zero-order valence-electron chi connectivity index (χ0n) is 15.0. The van der Waals surface area contributed by atoms with Crippen LogP contribution in [0.15, 0.2) is 0 Å². The monoisotopic (exact) mass is 348 g/mol. The van der Waals surface area contributed by atoms with Crippen LogP contribution in [0, 0.1) is 6.92 Å². The third-order valence-electron chi connectivity index (χ3n) is 5.54. The Morgan fingerprint density at radius 3 is 2.92 bits per heavy atom. The highest BCUT2D eigenvalue weighted by atomic mass is 32.1. The van der Waals surface area contributed by atoms with E-state index in [9.17, 15) is 0 Å². The number of fused-ring (bicyclic) bond motifs is 1. The molecule has 1 saturated carbocycles. The third-order valence-corrected chi connectivity index (χ3v) is 6.37. The van der Waals surface area contributed by atoms with Crippen molar-refractivity contribution in [2.45, 2.75) is 83.4 Å². The summed E-state index contributed by atoms with van der Waals surface area (Å²) in [4.78, 5) is 5.84. The molecule has 1 aliphatic heterocycles. The van der Waals surface area contributed by atoms with Gasteiger partial charge >= 0.3 is 0 Å². The van der Waals surface area contributed by atoms with Gasteiger partial charge in [0.15, 0.2) is 0 Å². The first-order valence-electron chi connectivity index (χ1n) is 9.29. The van der Waals surface area contributed by atoms with Gasteiger partial charge in [0.25, 0.3) is 0 Å². The molecule has 3 heterocycles. The normalized spacial score (nSPS) is 23.8. The molecule has 2 aromatic rings. The van der Waals surface area contributed by atoms with E-state index in [-0.39, 0.29) is 5.60 Å². The summed E-state index contributed by atoms with van der Waals surface area (Å²) < 4.78 is 8.21. The average molecular weight is 349 g/mol. The Morgan fingerprint density at radius 2 is 2.17 bits per heavy atom. The number of nitrogens with zero attached hydrogens (tertiary/aromatic N) is 3. The van der Waals surface area contributed by atoms with Gasteiger partial charge in [-0.05, 0) is 38.5 Å². The molecule has 1 N–H and O–H groups in total. The molecule has 6 heteroatoms. The van der Waals surface area contributed by atoms with Crippen molar-refractivity contribution in [3.8, 4) is 0 Å². The molecular weight excluding hydrogens is 320 g/mol. The lowest BCUT2D eigenvalue weighted by Crippen LogP contribution is -2.45. The summed E-state index contributed by atoms with van der Waals surface area (Å²) in [6, 6.07) is 0.544. The summed E-state index contributed by atoms with van der Waals surface area (Å²) in [6.07, 6.45) is 7.39. The lowest BCUT2D eigenvalue weighted by molar-refractivity contribution is -0.0838. The predicted molar refractivity (Wildman–Crippen MR) is 96.7 cm³/mol. The van der Waals surface area contributed by atoms with E-state index in [1.54, 1.807) is 11.3 Å². The van der Waals surface area contributed by atoms with Gasteiger partial charge in [0.2, 0.25) is 4.96 Å². The van der Waals surface area contributed by atoms with Gasteiger partial charge in [-0.2, -0.15) is 5.10 Å². The number of hydrogen-bond donors (Lipinski definition) is 1. The second-order valence-electron chi connectivity index (χ2n) is 7.72. The minimum Gasteiger partial charge on any atom is -0.375 e. The van der Waals surface area contributed by atoms with Gasteiger partial charge < -0.3 is 10.1 Å². The van der Waals surface area contributed by atoms with Gasteiger partial charge in [-0.1, -0.05) is 38.0 Å². The van der Waals surface area contributed by atoms with E-state index in [0.717, 1.165) is 36.0 Å². The smallest absolute Gasteiger partial charge is 0.212 e. The Hall–Kier alpha value is -0.980. The van der Waals surface area contributed by atoms with Crippen molar-refractivity contribution < 1.29 is 4.74 Å². The predicted octanol–water partition coefficient (Wildman–Crippen LogP) is 3.80. The summed E-state index contributed by atoms with van der Waals surface area (Å²) in [5, 5.41) is 9.53. The van der Waals surface area contributed by atoms with E-state index in [1.807, 2.05) is 11.4 Å². The van der Waals surface area contributed by atoms with Crippen LogP contribution >= 0.6 is 11.3 Å². The third kappa shape index (κ3) is 3.00. The highest BCUT2D eigenvalue weighted by molar-refractivity contribution is 7.16. The first-order chi connectivity index (χ1) is 11.6. The lowest BCUT2D eigenvalue weighted by Gasteiger charge is -2.38. The molecule has 2 aromatic heterocycles. The van der Waals surface area contributed by atoms with Crippen molar-refractivity contribution in [3.05, 3.63) is 16.4 Å². The number of hydrogen-bond acceptors (Lipinski definition) is 5. The fraction of sp³-hybridized carbons (Fsp3) is 0.778. The maximum absolute atomic E-state index is 6.16. The largest absolute Gasteiger partial charge is 0.375 e. The van der Waals surface area contributed by atoms with Crippen molar-refractivity contribution in [3.63, 3.8) is 0 Å². The molecule has 1 spiro atoms. The summed E-state index contributed by atoms with van der Waals surface area (Å²) in [6.45, 7) is 8.22. The van der Waals surface area contributed by atoms with E-state index in [4.69, 9.17) is 9.72 Å². The molecule has 4 rings (SSSR count). The Labute approximate surface area is 147 Å². The Kier molecular flexibility index (Phi) is 4.39. The number of imidazole rings is 1. The molecule has 1 atom stereocenters. The number of aryl methyl sites for hydroxylation is 1. The van der Waals surface area contributed by atoms with E-state index in [0.29, 0.717) is 12.0 Å². The molecule has 5 nitrogen and oxygen atoms in total. The van der Waals surface area contributed by atoms with Crippen molar-refractivity contribution >= 4 is 16.3 Å². The van der Waals surface area contributed by atoms with E-state index in [2.05, 4.69) is 24.3 Å². The highest BCUT2D eigenvalue weighted by Crippen LogP contribution is 2.40. The molecule has 0 radical (unpaired) electrons. The average Bonchev–Trinajstić information content (AvgIpc) is 3.20. The standard InChI is InChI=1S/C18H28N4OS/c1-12(2)16-15(22-17(20-16)24-13(3)21-22)11-19-14-6-9-23-18(10-14)7-4-5-8-18/h12,14,19H,4-11H2,1-3H3. The van der Waals surface area contributed by atoms with Crippen LogP contribution < -0.4 is 5.32 Å². The van der Waals surface area contributed by atoms with Crippen LogP contribution in [0.4, 0.5) is 0 Å². The second kappa shape index (κ2) is 6.39. The maximum Gasteiger partial charge on any atom is 0.212 e. The van der Waals surface area contributed by atoms with Crippen molar-refractivity contribution in [2.24, 2.45) is 0 Å². The zero-order valence-corrected chi connectivity index (χ0v) is 15.8. The van der Waals surface area contributed by atoms with Gasteiger partial charge in [0.1, 0.15) is 5.01 Å². The summed E-state index contributed by atoms with van der Waals surface area (Å²) in [5.74, 6) is 0.423. The quantitative estimate of drug-likeness (QED) is 0.913. The molecule has 1 saturated heterocycles. The number of ether oxygens (including phenoxy) is 1. The van der Waals surface area contributed by atoms with Gasteiger partial charge in [0.05, 0.1) is 17.0 Å². The number of rotatable bonds is 4. The van der Waals surface area contributed by atoms with Crippen LogP contribution in [-0.4, -0.2) is 32.8 Å². The Balaban J connectivity index is 1.50. The summed E-state index contributed by atoms with van der Waals surface area (Å²) in [5.41, 5.74) is 2.58. The van der Waals surface area contributed by atoms with Crippen LogP contribution in [0.1, 0.15) is 74.7 Å². The molecule has 1 unspecified atom stereocenters. The highest BCUT2D eigenvalue weighted by Gasteiger charge is 2.39. The van der Waals surface area contributed by atoms with Crippen LogP contribution in [0.25, 0.3) is 4.96 Å². The number of nitrogens with one attached hydrogen (secondary N) is 1. The molecule has 2 aliphatic rings. The van der Waals surface area contributed by atoms with Crippen molar-refractivity contribution in [2.75, 3.05) is 6.61 Å². The molecular formula is C18H28N4OS. The topological polar surface area (TPSA) is 51.5 Å². The van der Waals surface area contributed by atoms with Crippen LogP contribution in [-0.2, 0) is 11.3 Å². The van der Waals surface area contributed by atoms with Crippen LogP contribution in [0.2, 0.25) is 0 Å². The lowest BCUT2D eigenvalue weighted by atomic mass is 9.89. The minimum absolute atomic E-state index is 0.167. The molecule has 0 aromatic carbocycles. The Morgan fingerprint density at radius 1 is 1.38 bits per heavy atom. The first-order valence-corrected chi connectivity index (χ1v) is 10.1. The fourth-order valence-corrected chi connectivity index (χ4v) is 5.11. The van der Waals surface area contributed by atoms with E-state index >= 15 is 0 Å². The SMILES string of the molecule is Cc1nn2c(CNC3CCOC4(CCCC4)C3)c(C(C)C)nc2s1. The van der Waals surface area contributed by atoms with E-state index in [1.165, 1.54) is 37.1 Å². The zero-order chi connectivity index (χ0) is 16.7. The van der Waals surface area contributed by atoms with Crippen molar-refractivity contribution in [1.82, 2.24) is 19.9 Å². The molecule has 2 fully saturated rings. The first kappa shape index (κ1) is 16.5. The molecule has 0 amide bonds. The summed E-state index contributed by atoms with van der Waals surface area (Å²) in [7, 11) is 0. The maximum atomic E-state index is 6.16. The van der Waals surface area contributed by atoms with E-state index < -0.39 is 0 Å². The summed E-state index contributed by atoms with van der Waals surface area (Å²) >= 11 is 1.67. The second-order valence-corrected chi connectivity index (χ2v) is 8.88. The van der Waals surface area contributed by atoms with Gasteiger partial charge in [-0.25, -0.2) is 9.50 Å². The van der Waals surface area contributed by atoms with Crippen LogP contribution in [0.5, 0.6) is 0 Å². The van der Waals surface area contributed by atoms with Gasteiger partial charge in [-0.3, -0.25) is 0 Å². The number of aromatic nitrogens is 3. The minimum atomic E-state index is 0.167. The van der Waals surface area contributed by atoms with Gasteiger partial charge in [-0.15, -0.1) is 0 Å². The van der Waals surface area contributed by atoms with Crippen LogP contribution in [0.3, 0.4) is 0 Å². The van der Waals surface area contributed by atoms with Gasteiger partial charge in [0, 0.05) is 19.2 Å².